The van der Waals surface area contributed by atoms with Crippen LogP contribution in [-0.2, 0) is 14.9 Å². The lowest BCUT2D eigenvalue weighted by atomic mass is 9.68. The molecule has 1 aromatic rings. The Kier molecular flexibility index (Phi) is 5.94. The molecule has 4 heteroatoms. The van der Waals surface area contributed by atoms with Gasteiger partial charge in [0.05, 0.1) is 12.7 Å². The van der Waals surface area contributed by atoms with E-state index in [1.807, 2.05) is 30.4 Å². The quantitative estimate of drug-likeness (QED) is 0.854. The molecule has 0 saturated heterocycles. The summed E-state index contributed by atoms with van der Waals surface area (Å²) < 4.78 is 5.40. The second kappa shape index (κ2) is 8.37. The van der Waals surface area contributed by atoms with Crippen LogP contribution in [0.15, 0.2) is 66.0 Å². The molecule has 2 aliphatic carbocycles. The number of ether oxygens (including phenoxy) is 1. The summed E-state index contributed by atoms with van der Waals surface area (Å²) in [6.45, 7) is 0.612. The first-order chi connectivity index (χ1) is 12.6. The Morgan fingerprint density at radius 3 is 2.69 bits per heavy atom. The van der Waals surface area contributed by atoms with E-state index in [2.05, 4.69) is 29.6 Å². The number of rotatable bonds is 5. The standard InChI is InChI=1S/C22H28N2O2/c1-26-20-11-7-3-6-10-19(20)21(25)24-16-22(14-12-18(23)13-15-22)17-8-4-2-5-9-17/h2-6,8-11,18H,7,12-16,23H2,1H3,(H,24,25). The second-order valence-corrected chi connectivity index (χ2v) is 7.18. The van der Waals surface area contributed by atoms with Gasteiger partial charge in [0.2, 0.25) is 0 Å². The van der Waals surface area contributed by atoms with Gasteiger partial charge in [0.1, 0.15) is 5.76 Å². The van der Waals surface area contributed by atoms with Crippen molar-refractivity contribution in [3.63, 3.8) is 0 Å². The number of allylic oxidation sites excluding steroid dienone is 4. The fraction of sp³-hybridized carbons (Fsp3) is 0.409. The first-order valence-corrected chi connectivity index (χ1v) is 9.35. The molecule has 1 aromatic carbocycles. The second-order valence-electron chi connectivity index (χ2n) is 7.18. The van der Waals surface area contributed by atoms with Crippen LogP contribution in [0.3, 0.4) is 0 Å². The molecule has 0 aromatic heterocycles. The van der Waals surface area contributed by atoms with Crippen molar-refractivity contribution < 1.29 is 9.53 Å². The summed E-state index contributed by atoms with van der Waals surface area (Å²) >= 11 is 0. The van der Waals surface area contributed by atoms with E-state index in [1.165, 1.54) is 5.56 Å². The van der Waals surface area contributed by atoms with Crippen LogP contribution in [0.4, 0.5) is 0 Å². The van der Waals surface area contributed by atoms with Crippen molar-refractivity contribution in [3.05, 3.63) is 71.5 Å². The number of nitrogens with one attached hydrogen (secondary N) is 1. The monoisotopic (exact) mass is 352 g/mol. The number of amides is 1. The van der Waals surface area contributed by atoms with Gasteiger partial charge < -0.3 is 15.8 Å². The Morgan fingerprint density at radius 2 is 2.00 bits per heavy atom. The maximum Gasteiger partial charge on any atom is 0.255 e. The van der Waals surface area contributed by atoms with Crippen molar-refractivity contribution in [3.8, 4) is 0 Å². The van der Waals surface area contributed by atoms with Gasteiger partial charge in [-0.1, -0.05) is 42.5 Å². The van der Waals surface area contributed by atoms with Crippen LogP contribution >= 0.6 is 0 Å². The summed E-state index contributed by atoms with van der Waals surface area (Å²) in [5.41, 5.74) is 7.94. The van der Waals surface area contributed by atoms with Crippen molar-refractivity contribution in [2.45, 2.75) is 43.6 Å². The molecule has 0 aliphatic heterocycles. The molecule has 4 nitrogen and oxygen atoms in total. The molecule has 1 fully saturated rings. The molecule has 0 unspecified atom stereocenters. The zero-order chi connectivity index (χ0) is 18.4. The van der Waals surface area contributed by atoms with Crippen molar-refractivity contribution in [1.29, 1.82) is 0 Å². The number of carbonyl (C=O) groups excluding carboxylic acids is 1. The minimum Gasteiger partial charge on any atom is -0.496 e. The highest BCUT2D eigenvalue weighted by Gasteiger charge is 2.36. The van der Waals surface area contributed by atoms with E-state index in [0.29, 0.717) is 17.9 Å². The van der Waals surface area contributed by atoms with E-state index in [4.69, 9.17) is 10.5 Å². The van der Waals surface area contributed by atoms with Crippen LogP contribution < -0.4 is 11.1 Å². The molecule has 0 heterocycles. The van der Waals surface area contributed by atoms with E-state index in [1.54, 1.807) is 7.11 Å². The first-order valence-electron chi connectivity index (χ1n) is 9.35. The fourth-order valence-electron chi connectivity index (χ4n) is 3.89. The Balaban J connectivity index is 1.77. The SMILES string of the molecule is COC1=CCC=CC=C1C(=O)NCC1(c2ccccc2)CCC(N)CC1. The smallest absolute Gasteiger partial charge is 0.255 e. The molecule has 3 rings (SSSR count). The predicted octanol–water partition coefficient (Wildman–Crippen LogP) is 3.36. The molecule has 26 heavy (non-hydrogen) atoms. The molecule has 3 N–H and O–H groups in total. The number of hydrogen-bond acceptors (Lipinski definition) is 3. The third kappa shape index (κ3) is 4.07. The highest BCUT2D eigenvalue weighted by Crippen LogP contribution is 2.38. The first kappa shape index (κ1) is 18.5. The van der Waals surface area contributed by atoms with Crippen molar-refractivity contribution >= 4 is 5.91 Å². The zero-order valence-electron chi connectivity index (χ0n) is 15.4. The number of hydrogen-bond donors (Lipinski definition) is 2. The molecule has 1 amide bonds. The summed E-state index contributed by atoms with van der Waals surface area (Å²) in [6.07, 6.45) is 12.4. The van der Waals surface area contributed by atoms with E-state index >= 15 is 0 Å². The van der Waals surface area contributed by atoms with Gasteiger partial charge in [0.15, 0.2) is 0 Å². The molecule has 0 radical (unpaired) electrons. The Labute approximate surface area is 155 Å². The lowest BCUT2D eigenvalue weighted by Gasteiger charge is -2.40. The molecule has 138 valence electrons. The minimum absolute atomic E-state index is 0.0507. The maximum absolute atomic E-state index is 12.8. The average Bonchev–Trinajstić information content (AvgIpc) is 2.94. The van der Waals surface area contributed by atoms with Crippen molar-refractivity contribution in [2.24, 2.45) is 5.73 Å². The molecule has 1 saturated carbocycles. The average molecular weight is 352 g/mol. The van der Waals surface area contributed by atoms with Gasteiger partial charge in [-0.2, -0.15) is 0 Å². The number of benzene rings is 1. The highest BCUT2D eigenvalue weighted by atomic mass is 16.5. The van der Waals surface area contributed by atoms with Gasteiger partial charge in [-0.3, -0.25) is 4.79 Å². The zero-order valence-corrected chi connectivity index (χ0v) is 15.4. The minimum atomic E-state index is -0.0881. The maximum atomic E-state index is 12.8. The van der Waals surface area contributed by atoms with Gasteiger partial charge in [-0.05, 0) is 49.8 Å². The predicted molar refractivity (Wildman–Crippen MR) is 105 cm³/mol. The number of methoxy groups -OCH3 is 1. The number of nitrogens with two attached hydrogens (primary N) is 1. The van der Waals surface area contributed by atoms with Crippen LogP contribution in [0.25, 0.3) is 0 Å². The summed E-state index contributed by atoms with van der Waals surface area (Å²) in [7, 11) is 1.60. The van der Waals surface area contributed by atoms with Crippen molar-refractivity contribution in [1.82, 2.24) is 5.32 Å². The van der Waals surface area contributed by atoms with Gasteiger partial charge in [0, 0.05) is 18.0 Å². The molecular formula is C22H28N2O2. The summed E-state index contributed by atoms with van der Waals surface area (Å²) in [5.74, 6) is 0.543. The van der Waals surface area contributed by atoms with Gasteiger partial charge >= 0.3 is 0 Å². The molecule has 2 aliphatic rings. The largest absolute Gasteiger partial charge is 0.496 e. The lowest BCUT2D eigenvalue weighted by Crippen LogP contribution is -2.45. The third-order valence-electron chi connectivity index (χ3n) is 5.53. The fourth-order valence-corrected chi connectivity index (χ4v) is 3.89. The van der Waals surface area contributed by atoms with Crippen LogP contribution in [0.2, 0.25) is 0 Å². The van der Waals surface area contributed by atoms with Gasteiger partial charge in [0.25, 0.3) is 5.91 Å². The molecule has 0 bridgehead atoms. The van der Waals surface area contributed by atoms with Crippen LogP contribution in [0.5, 0.6) is 0 Å². The number of carbonyl (C=O) groups is 1. The van der Waals surface area contributed by atoms with E-state index in [0.717, 1.165) is 32.1 Å². The van der Waals surface area contributed by atoms with E-state index in [-0.39, 0.29) is 17.4 Å². The third-order valence-corrected chi connectivity index (χ3v) is 5.53. The van der Waals surface area contributed by atoms with Crippen LogP contribution in [0, 0.1) is 0 Å². The topological polar surface area (TPSA) is 64.3 Å². The Bertz CT molecular complexity index is 711. The summed E-state index contributed by atoms with van der Waals surface area (Å²) in [5, 5.41) is 3.17. The highest BCUT2D eigenvalue weighted by molar-refractivity contribution is 5.97. The van der Waals surface area contributed by atoms with Crippen LogP contribution in [0.1, 0.15) is 37.7 Å². The van der Waals surface area contributed by atoms with E-state index < -0.39 is 0 Å². The molecule has 0 spiro atoms. The van der Waals surface area contributed by atoms with Crippen LogP contribution in [-0.4, -0.2) is 25.6 Å². The Hall–Kier alpha value is -2.33. The Morgan fingerprint density at radius 1 is 1.27 bits per heavy atom. The molecule has 0 atom stereocenters. The van der Waals surface area contributed by atoms with Gasteiger partial charge in [-0.25, -0.2) is 0 Å². The molecular weight excluding hydrogens is 324 g/mol. The van der Waals surface area contributed by atoms with Crippen molar-refractivity contribution in [2.75, 3.05) is 13.7 Å². The van der Waals surface area contributed by atoms with Gasteiger partial charge in [-0.15, -0.1) is 0 Å². The lowest BCUT2D eigenvalue weighted by molar-refractivity contribution is -0.117. The summed E-state index contributed by atoms with van der Waals surface area (Å²) in [4.78, 5) is 12.8. The normalized spacial score (nSPS) is 25.7. The van der Waals surface area contributed by atoms with E-state index in [9.17, 15) is 4.79 Å². The summed E-state index contributed by atoms with van der Waals surface area (Å²) in [6, 6.07) is 10.8.